The number of pyridine rings is 1. The quantitative estimate of drug-likeness (QED) is 0.787. The van der Waals surface area contributed by atoms with E-state index < -0.39 is 0 Å². The average Bonchev–Trinajstić information content (AvgIpc) is 3.02. The van der Waals surface area contributed by atoms with Gasteiger partial charge in [0.1, 0.15) is 0 Å². The summed E-state index contributed by atoms with van der Waals surface area (Å²) in [5.41, 5.74) is 1.06. The van der Waals surface area contributed by atoms with Crippen LogP contribution in [0.4, 0.5) is 0 Å². The Morgan fingerprint density at radius 3 is 3.00 bits per heavy atom. The van der Waals surface area contributed by atoms with Crippen molar-refractivity contribution in [2.75, 3.05) is 0 Å². The summed E-state index contributed by atoms with van der Waals surface area (Å²) in [6, 6.07) is 3.93. The van der Waals surface area contributed by atoms with Crippen LogP contribution in [0.3, 0.4) is 0 Å². The molecule has 0 radical (unpaired) electrons. The molecule has 3 heteroatoms. The Kier molecular flexibility index (Phi) is 2.48. The van der Waals surface area contributed by atoms with E-state index in [2.05, 4.69) is 10.3 Å². The highest BCUT2D eigenvalue weighted by Crippen LogP contribution is 2.29. The molecule has 74 valence electrons. The molecule has 1 N–H and O–H groups in total. The molecule has 1 heterocycles. The number of rotatable bonds is 3. The number of nitrogens with one attached hydrogen (secondary N) is 1. The van der Waals surface area contributed by atoms with Crippen LogP contribution in [0.1, 0.15) is 31.4 Å². The molecular weight excluding hydrogens is 176 g/mol. The fourth-order valence-electron chi connectivity index (χ4n) is 1.39. The van der Waals surface area contributed by atoms with E-state index in [0.717, 1.165) is 18.4 Å². The van der Waals surface area contributed by atoms with Gasteiger partial charge < -0.3 is 5.32 Å². The Bertz CT molecular complexity index is 319. The van der Waals surface area contributed by atoms with E-state index >= 15 is 0 Å². The van der Waals surface area contributed by atoms with Crippen molar-refractivity contribution < 1.29 is 4.79 Å². The van der Waals surface area contributed by atoms with Crippen LogP contribution in [0.15, 0.2) is 24.5 Å². The predicted molar refractivity (Wildman–Crippen MR) is 53.5 cm³/mol. The smallest absolute Gasteiger partial charge is 0.223 e. The van der Waals surface area contributed by atoms with Crippen molar-refractivity contribution >= 4 is 5.91 Å². The molecule has 1 aromatic rings. The van der Waals surface area contributed by atoms with Crippen LogP contribution in [0.2, 0.25) is 0 Å². The SMILES string of the molecule is C[C@@H](NC(=O)C1CC1)c1cccnc1. The van der Waals surface area contributed by atoms with Gasteiger partial charge >= 0.3 is 0 Å². The minimum absolute atomic E-state index is 0.0665. The van der Waals surface area contributed by atoms with Crippen molar-refractivity contribution in [2.24, 2.45) is 5.92 Å². The first kappa shape index (κ1) is 9.19. The summed E-state index contributed by atoms with van der Waals surface area (Å²) in [7, 11) is 0. The molecule has 0 saturated heterocycles. The van der Waals surface area contributed by atoms with Gasteiger partial charge in [-0.05, 0) is 31.4 Å². The van der Waals surface area contributed by atoms with Crippen LogP contribution >= 0.6 is 0 Å². The molecule has 3 nitrogen and oxygen atoms in total. The lowest BCUT2D eigenvalue weighted by Crippen LogP contribution is -2.27. The summed E-state index contributed by atoms with van der Waals surface area (Å²) in [4.78, 5) is 15.5. The molecule has 0 aromatic carbocycles. The number of hydrogen-bond donors (Lipinski definition) is 1. The maximum Gasteiger partial charge on any atom is 0.223 e. The maximum atomic E-state index is 11.5. The number of carbonyl (C=O) groups is 1. The van der Waals surface area contributed by atoms with E-state index in [1.807, 2.05) is 19.1 Å². The summed E-state index contributed by atoms with van der Waals surface area (Å²) < 4.78 is 0. The molecule has 1 aliphatic rings. The molecular formula is C11H14N2O. The third kappa shape index (κ3) is 2.10. The second-order valence-corrected chi connectivity index (χ2v) is 3.79. The van der Waals surface area contributed by atoms with Crippen LogP contribution in [0.25, 0.3) is 0 Å². The second kappa shape index (κ2) is 3.78. The van der Waals surface area contributed by atoms with E-state index in [0.29, 0.717) is 0 Å². The zero-order valence-corrected chi connectivity index (χ0v) is 8.23. The third-order valence-corrected chi connectivity index (χ3v) is 2.49. The Hall–Kier alpha value is -1.38. The molecule has 0 aliphatic heterocycles. The van der Waals surface area contributed by atoms with Gasteiger partial charge in [0.2, 0.25) is 5.91 Å². The highest BCUT2D eigenvalue weighted by Gasteiger charge is 2.30. The zero-order chi connectivity index (χ0) is 9.97. The monoisotopic (exact) mass is 190 g/mol. The maximum absolute atomic E-state index is 11.5. The van der Waals surface area contributed by atoms with Gasteiger partial charge in [0, 0.05) is 18.3 Å². The lowest BCUT2D eigenvalue weighted by Gasteiger charge is -2.13. The normalized spacial score (nSPS) is 17.5. The minimum atomic E-state index is 0.0665. The first-order valence-electron chi connectivity index (χ1n) is 4.97. The van der Waals surface area contributed by atoms with E-state index in [9.17, 15) is 4.79 Å². The molecule has 2 rings (SSSR count). The Morgan fingerprint density at radius 1 is 1.64 bits per heavy atom. The van der Waals surface area contributed by atoms with Crippen molar-refractivity contribution in [3.05, 3.63) is 30.1 Å². The number of aromatic nitrogens is 1. The van der Waals surface area contributed by atoms with Gasteiger partial charge in [-0.1, -0.05) is 6.07 Å². The highest BCUT2D eigenvalue weighted by molar-refractivity contribution is 5.81. The van der Waals surface area contributed by atoms with Gasteiger partial charge in [-0.3, -0.25) is 9.78 Å². The van der Waals surface area contributed by atoms with Crippen LogP contribution in [0, 0.1) is 5.92 Å². The van der Waals surface area contributed by atoms with Gasteiger partial charge in [-0.25, -0.2) is 0 Å². The molecule has 1 aliphatic carbocycles. The van der Waals surface area contributed by atoms with E-state index in [-0.39, 0.29) is 17.9 Å². The second-order valence-electron chi connectivity index (χ2n) is 3.79. The van der Waals surface area contributed by atoms with Crippen LogP contribution in [-0.2, 0) is 4.79 Å². The highest BCUT2D eigenvalue weighted by atomic mass is 16.2. The number of carbonyl (C=O) groups excluding carboxylic acids is 1. The molecule has 0 unspecified atom stereocenters. The summed E-state index contributed by atoms with van der Waals surface area (Å²) in [6.07, 6.45) is 5.62. The molecule has 1 fully saturated rings. The lowest BCUT2D eigenvalue weighted by atomic mass is 10.1. The summed E-state index contributed by atoms with van der Waals surface area (Å²) >= 11 is 0. The predicted octanol–water partition coefficient (Wildman–Crippen LogP) is 1.67. The van der Waals surface area contributed by atoms with Crippen molar-refractivity contribution in [1.29, 1.82) is 0 Å². The van der Waals surface area contributed by atoms with Crippen LogP contribution < -0.4 is 5.32 Å². The Morgan fingerprint density at radius 2 is 2.43 bits per heavy atom. The summed E-state index contributed by atoms with van der Waals surface area (Å²) in [5, 5.41) is 2.98. The standard InChI is InChI=1S/C11H14N2O/c1-8(10-3-2-6-12-7-10)13-11(14)9-4-5-9/h2-3,6-9H,4-5H2,1H3,(H,13,14)/t8-/m1/s1. The average molecular weight is 190 g/mol. The van der Waals surface area contributed by atoms with E-state index in [1.54, 1.807) is 12.4 Å². The van der Waals surface area contributed by atoms with Crippen molar-refractivity contribution in [2.45, 2.75) is 25.8 Å². The zero-order valence-electron chi connectivity index (χ0n) is 8.23. The molecule has 0 spiro atoms. The molecule has 1 atom stereocenters. The third-order valence-electron chi connectivity index (χ3n) is 2.49. The van der Waals surface area contributed by atoms with E-state index in [1.165, 1.54) is 0 Å². The van der Waals surface area contributed by atoms with Crippen molar-refractivity contribution in [3.8, 4) is 0 Å². The number of nitrogens with zero attached hydrogens (tertiary/aromatic N) is 1. The fourth-order valence-corrected chi connectivity index (χ4v) is 1.39. The molecule has 0 bridgehead atoms. The Balaban J connectivity index is 1.95. The van der Waals surface area contributed by atoms with Crippen molar-refractivity contribution in [3.63, 3.8) is 0 Å². The fraction of sp³-hybridized carbons (Fsp3) is 0.455. The van der Waals surface area contributed by atoms with Gasteiger partial charge in [0.15, 0.2) is 0 Å². The first-order chi connectivity index (χ1) is 6.77. The van der Waals surface area contributed by atoms with E-state index in [4.69, 9.17) is 0 Å². The summed E-state index contributed by atoms with van der Waals surface area (Å²) in [6.45, 7) is 1.98. The molecule has 14 heavy (non-hydrogen) atoms. The lowest BCUT2D eigenvalue weighted by molar-refractivity contribution is -0.122. The van der Waals surface area contributed by atoms with Gasteiger partial charge in [-0.2, -0.15) is 0 Å². The topological polar surface area (TPSA) is 42.0 Å². The van der Waals surface area contributed by atoms with Gasteiger partial charge in [-0.15, -0.1) is 0 Å². The number of hydrogen-bond acceptors (Lipinski definition) is 2. The van der Waals surface area contributed by atoms with Crippen LogP contribution in [0.5, 0.6) is 0 Å². The van der Waals surface area contributed by atoms with Gasteiger partial charge in [0.05, 0.1) is 6.04 Å². The summed E-state index contributed by atoms with van der Waals surface area (Å²) in [5.74, 6) is 0.454. The molecule has 1 saturated carbocycles. The number of amides is 1. The molecule has 1 aromatic heterocycles. The van der Waals surface area contributed by atoms with Gasteiger partial charge in [0.25, 0.3) is 0 Å². The van der Waals surface area contributed by atoms with Crippen LogP contribution in [-0.4, -0.2) is 10.9 Å². The molecule has 1 amide bonds. The van der Waals surface area contributed by atoms with Crippen molar-refractivity contribution in [1.82, 2.24) is 10.3 Å². The Labute approximate surface area is 83.5 Å². The first-order valence-corrected chi connectivity index (χ1v) is 4.97. The minimum Gasteiger partial charge on any atom is -0.349 e. The largest absolute Gasteiger partial charge is 0.349 e.